The van der Waals surface area contributed by atoms with Crippen molar-refractivity contribution >= 4 is 34.5 Å². The number of alkyl halides is 3. The van der Waals surface area contributed by atoms with Gasteiger partial charge < -0.3 is 5.32 Å². The largest absolute Gasteiger partial charge is 0.364 e. The van der Waals surface area contributed by atoms with Crippen molar-refractivity contribution in [3.63, 3.8) is 0 Å². The van der Waals surface area contributed by atoms with Gasteiger partial charge in [-0.15, -0.1) is 0 Å². The zero-order chi connectivity index (χ0) is 19.1. The second-order valence-corrected chi connectivity index (χ2v) is 5.78. The van der Waals surface area contributed by atoms with Gasteiger partial charge in [0.2, 0.25) is 0 Å². The van der Waals surface area contributed by atoms with E-state index in [-0.39, 0.29) is 28.4 Å². The second-order valence-electron chi connectivity index (χ2n) is 5.31. The molecule has 8 nitrogen and oxygen atoms in total. The van der Waals surface area contributed by atoms with E-state index in [0.29, 0.717) is 0 Å². The number of hydrogen-bond acceptors (Lipinski definition) is 5. The summed E-state index contributed by atoms with van der Waals surface area (Å²) in [4.78, 5) is 26.7. The lowest BCUT2D eigenvalue weighted by molar-refractivity contribution is -0.383. The van der Waals surface area contributed by atoms with Crippen LogP contribution < -0.4 is 5.32 Å². The zero-order valence-corrected chi connectivity index (χ0v) is 13.9. The van der Waals surface area contributed by atoms with Crippen LogP contribution in [0.3, 0.4) is 0 Å². The van der Waals surface area contributed by atoms with Crippen LogP contribution in [-0.2, 0) is 5.38 Å². The van der Waals surface area contributed by atoms with Crippen molar-refractivity contribution in [2.24, 2.45) is 0 Å². The van der Waals surface area contributed by atoms with E-state index in [1.165, 1.54) is 37.3 Å². The predicted octanol–water partition coefficient (Wildman–Crippen LogP) is 3.49. The number of carbonyl (C=O) groups is 1. The molecule has 0 aliphatic rings. The molecule has 0 atom stereocenters. The van der Waals surface area contributed by atoms with Gasteiger partial charge in [-0.3, -0.25) is 14.9 Å². The molecular formula is C15H10ClF2N5O3. The number of aromatic nitrogens is 3. The van der Waals surface area contributed by atoms with E-state index in [4.69, 9.17) is 11.6 Å². The Labute approximate surface area is 149 Å². The Balaban J connectivity index is 2.02. The fourth-order valence-electron chi connectivity index (χ4n) is 2.34. The standard InChI is InChI=1S/C15H10ClF2N5O3/c1-8-6-12(15(16,17)18)22-13(19-8)7-10(21-22)14(24)20-9-4-2-3-5-11(9)23(25)26/h2-7H,1H3,(H,20,24). The summed E-state index contributed by atoms with van der Waals surface area (Å²) >= 11 is 5.09. The predicted molar refractivity (Wildman–Crippen MR) is 88.5 cm³/mol. The van der Waals surface area contributed by atoms with Gasteiger partial charge in [0.15, 0.2) is 11.3 Å². The molecule has 0 fully saturated rings. The molecule has 0 bridgehead atoms. The Morgan fingerprint density at radius 1 is 1.35 bits per heavy atom. The third-order valence-electron chi connectivity index (χ3n) is 3.43. The number of rotatable bonds is 4. The van der Waals surface area contributed by atoms with Crippen molar-refractivity contribution in [1.82, 2.24) is 14.6 Å². The number of anilines is 1. The summed E-state index contributed by atoms with van der Waals surface area (Å²) in [5, 5.41) is 13.4. The van der Waals surface area contributed by atoms with E-state index in [2.05, 4.69) is 15.4 Å². The topological polar surface area (TPSA) is 102 Å². The first-order valence-corrected chi connectivity index (χ1v) is 7.54. The van der Waals surface area contributed by atoms with Crippen LogP contribution >= 0.6 is 11.6 Å². The summed E-state index contributed by atoms with van der Waals surface area (Å²) < 4.78 is 27.9. The van der Waals surface area contributed by atoms with E-state index in [1.54, 1.807) is 0 Å². The molecule has 3 rings (SSSR count). The molecule has 1 amide bonds. The SMILES string of the molecule is Cc1cc(C(F)(F)Cl)n2nc(C(=O)Nc3ccccc3[N+](=O)[O-])cc2n1. The maximum absolute atomic E-state index is 13.6. The van der Waals surface area contributed by atoms with Crippen molar-refractivity contribution in [3.8, 4) is 0 Å². The van der Waals surface area contributed by atoms with Gasteiger partial charge in [0.1, 0.15) is 11.4 Å². The third kappa shape index (κ3) is 3.31. The van der Waals surface area contributed by atoms with Crippen molar-refractivity contribution in [1.29, 1.82) is 0 Å². The van der Waals surface area contributed by atoms with Gasteiger partial charge in [-0.05, 0) is 30.7 Å². The van der Waals surface area contributed by atoms with Gasteiger partial charge in [-0.25, -0.2) is 9.50 Å². The second kappa shape index (κ2) is 6.30. The molecule has 1 aromatic carbocycles. The van der Waals surface area contributed by atoms with E-state index in [9.17, 15) is 23.7 Å². The molecule has 0 unspecified atom stereocenters. The Hall–Kier alpha value is -3.14. The fraction of sp³-hybridized carbons (Fsp3) is 0.133. The Morgan fingerprint density at radius 3 is 2.69 bits per heavy atom. The molecule has 11 heteroatoms. The molecule has 0 radical (unpaired) electrons. The summed E-state index contributed by atoms with van der Waals surface area (Å²) in [5.41, 5.74) is -1.00. The first-order chi connectivity index (χ1) is 12.2. The number of aryl methyl sites for hydroxylation is 1. The molecule has 3 aromatic rings. The quantitative estimate of drug-likeness (QED) is 0.423. The number of hydrogen-bond donors (Lipinski definition) is 1. The molecule has 26 heavy (non-hydrogen) atoms. The van der Waals surface area contributed by atoms with E-state index >= 15 is 0 Å². The van der Waals surface area contributed by atoms with Crippen LogP contribution in [0.15, 0.2) is 36.4 Å². The molecule has 2 aromatic heterocycles. The minimum absolute atomic E-state index is 0.00645. The summed E-state index contributed by atoms with van der Waals surface area (Å²) in [6.45, 7) is 1.49. The van der Waals surface area contributed by atoms with Gasteiger partial charge >= 0.3 is 5.38 Å². The number of benzene rings is 1. The first kappa shape index (κ1) is 17.7. The van der Waals surface area contributed by atoms with Crippen LogP contribution in [-0.4, -0.2) is 25.4 Å². The fourth-order valence-corrected chi connectivity index (χ4v) is 2.47. The van der Waals surface area contributed by atoms with Crippen LogP contribution in [0.1, 0.15) is 21.9 Å². The lowest BCUT2D eigenvalue weighted by Gasteiger charge is -2.10. The number of nitrogens with one attached hydrogen (secondary N) is 1. The minimum Gasteiger partial charge on any atom is -0.315 e. The van der Waals surface area contributed by atoms with Crippen molar-refractivity contribution < 1.29 is 18.5 Å². The highest BCUT2D eigenvalue weighted by molar-refractivity contribution is 6.21. The number of nitro groups is 1. The van der Waals surface area contributed by atoms with Crippen LogP contribution in [0.25, 0.3) is 5.65 Å². The molecule has 0 spiro atoms. The number of amides is 1. The minimum atomic E-state index is -3.72. The average molecular weight is 382 g/mol. The summed E-state index contributed by atoms with van der Waals surface area (Å²) in [7, 11) is 0. The monoisotopic (exact) mass is 381 g/mol. The average Bonchev–Trinajstić information content (AvgIpc) is 2.97. The molecule has 1 N–H and O–H groups in total. The first-order valence-electron chi connectivity index (χ1n) is 7.16. The molecule has 0 aliphatic carbocycles. The number of fused-ring (bicyclic) bond motifs is 1. The lowest BCUT2D eigenvalue weighted by Crippen LogP contribution is -2.15. The highest BCUT2D eigenvalue weighted by Crippen LogP contribution is 2.32. The number of nitrogens with zero attached hydrogens (tertiary/aromatic N) is 4. The summed E-state index contributed by atoms with van der Waals surface area (Å²) in [5.74, 6) is -0.814. The molecule has 2 heterocycles. The van der Waals surface area contributed by atoms with Gasteiger partial charge in [-0.1, -0.05) is 12.1 Å². The normalized spacial score (nSPS) is 11.5. The van der Waals surface area contributed by atoms with Gasteiger partial charge in [0.05, 0.1) is 4.92 Å². The van der Waals surface area contributed by atoms with Crippen LogP contribution in [0.4, 0.5) is 20.2 Å². The maximum atomic E-state index is 13.6. The summed E-state index contributed by atoms with van der Waals surface area (Å²) in [6.07, 6.45) is 0. The lowest BCUT2D eigenvalue weighted by atomic mass is 10.2. The van der Waals surface area contributed by atoms with Crippen LogP contribution in [0, 0.1) is 17.0 Å². The van der Waals surface area contributed by atoms with E-state index < -0.39 is 21.9 Å². The van der Waals surface area contributed by atoms with E-state index in [1.807, 2.05) is 0 Å². The molecule has 0 saturated heterocycles. The van der Waals surface area contributed by atoms with Gasteiger partial charge in [0, 0.05) is 17.8 Å². The molecule has 0 aliphatic heterocycles. The maximum Gasteiger partial charge on any atom is 0.364 e. The van der Waals surface area contributed by atoms with Crippen LogP contribution in [0.2, 0.25) is 0 Å². The van der Waals surface area contributed by atoms with Crippen molar-refractivity contribution in [3.05, 3.63) is 63.6 Å². The highest BCUT2D eigenvalue weighted by Gasteiger charge is 2.32. The smallest absolute Gasteiger partial charge is 0.315 e. The Morgan fingerprint density at radius 2 is 2.04 bits per heavy atom. The molecular weight excluding hydrogens is 372 g/mol. The van der Waals surface area contributed by atoms with E-state index in [0.717, 1.165) is 10.6 Å². The van der Waals surface area contributed by atoms with Crippen LogP contribution in [0.5, 0.6) is 0 Å². The summed E-state index contributed by atoms with van der Waals surface area (Å²) in [6, 6.07) is 7.74. The number of halogens is 3. The molecule has 134 valence electrons. The van der Waals surface area contributed by atoms with Gasteiger partial charge in [-0.2, -0.15) is 13.9 Å². The van der Waals surface area contributed by atoms with Crippen molar-refractivity contribution in [2.75, 3.05) is 5.32 Å². The number of carbonyl (C=O) groups excluding carboxylic acids is 1. The number of nitro benzene ring substituents is 1. The van der Waals surface area contributed by atoms with Crippen molar-refractivity contribution in [2.45, 2.75) is 12.3 Å². The van der Waals surface area contributed by atoms with Gasteiger partial charge in [0.25, 0.3) is 11.6 Å². The Bertz CT molecular complexity index is 1030. The molecule has 0 saturated carbocycles. The number of para-hydroxylation sites is 2. The third-order valence-corrected chi connectivity index (χ3v) is 3.62. The zero-order valence-electron chi connectivity index (χ0n) is 13.1. The Kier molecular flexibility index (Phi) is 4.28. The highest BCUT2D eigenvalue weighted by atomic mass is 35.5.